The average Bonchev–Trinajstić information content (AvgIpc) is 3.32. The molecule has 0 spiro atoms. The number of fused-ring (bicyclic) bond motifs is 5. The summed E-state index contributed by atoms with van der Waals surface area (Å²) in [6, 6.07) is 7.05. The quantitative estimate of drug-likeness (QED) is 0.583. The number of hydrogen-bond donors (Lipinski definition) is 1. The normalized spacial score (nSPS) is 20.5. The van der Waals surface area contributed by atoms with E-state index >= 15 is 0 Å². The molecular formula is C22H22B3N5O4. The molecule has 1 aromatic carbocycles. The average molecular weight is 453 g/mol. The Bertz CT molecular complexity index is 1210. The number of benzene rings is 1. The Morgan fingerprint density at radius 3 is 2.94 bits per heavy atom. The predicted octanol–water partition coefficient (Wildman–Crippen LogP) is 0.702. The molecule has 168 valence electrons. The summed E-state index contributed by atoms with van der Waals surface area (Å²) in [6.45, 7) is 3.63. The third-order valence-electron chi connectivity index (χ3n) is 5.81. The predicted molar refractivity (Wildman–Crippen MR) is 129 cm³/mol. The summed E-state index contributed by atoms with van der Waals surface area (Å²) in [5, 5.41) is 5.90. The van der Waals surface area contributed by atoms with Crippen molar-refractivity contribution in [2.24, 2.45) is 0 Å². The number of hydrogen-bond acceptors (Lipinski definition) is 7. The number of anilines is 1. The van der Waals surface area contributed by atoms with Crippen LogP contribution in [0.25, 0.3) is 16.8 Å². The fourth-order valence-electron chi connectivity index (χ4n) is 4.39. The molecular weight excluding hydrogens is 431 g/mol. The van der Waals surface area contributed by atoms with Gasteiger partial charge in [-0.2, -0.15) is 10.1 Å². The Morgan fingerprint density at radius 1 is 1.29 bits per heavy atom. The molecule has 2 aliphatic heterocycles. The topological polar surface area (TPSA) is 90.2 Å². The van der Waals surface area contributed by atoms with Gasteiger partial charge in [-0.3, -0.25) is 4.79 Å². The second kappa shape index (κ2) is 8.90. The zero-order chi connectivity index (χ0) is 23.9. The van der Waals surface area contributed by atoms with Crippen LogP contribution >= 0.6 is 0 Å². The van der Waals surface area contributed by atoms with Crippen molar-refractivity contribution in [3.63, 3.8) is 0 Å². The van der Waals surface area contributed by atoms with Crippen LogP contribution in [0.1, 0.15) is 13.3 Å². The van der Waals surface area contributed by atoms with E-state index in [0.29, 0.717) is 50.0 Å². The number of rotatable bonds is 4. The van der Waals surface area contributed by atoms with Crippen LogP contribution in [0.2, 0.25) is 0 Å². The van der Waals surface area contributed by atoms with Gasteiger partial charge >= 0.3 is 0 Å². The van der Waals surface area contributed by atoms with Gasteiger partial charge in [-0.05, 0) is 29.9 Å². The molecule has 9 nitrogen and oxygen atoms in total. The third-order valence-corrected chi connectivity index (χ3v) is 5.81. The van der Waals surface area contributed by atoms with Crippen molar-refractivity contribution in [3.8, 4) is 22.8 Å². The largest absolute Gasteiger partial charge is 0.516 e. The lowest BCUT2D eigenvalue weighted by molar-refractivity contribution is -0.137. The molecule has 1 amide bonds. The summed E-state index contributed by atoms with van der Waals surface area (Å²) in [4.78, 5) is 19.4. The number of carbonyl (C=O) groups excluding carboxylic acids is 1. The third kappa shape index (κ3) is 4.59. The van der Waals surface area contributed by atoms with E-state index in [2.05, 4.69) is 15.4 Å². The van der Waals surface area contributed by atoms with Crippen molar-refractivity contribution in [1.29, 1.82) is 0 Å². The maximum Gasteiger partial charge on any atom is 0.252 e. The molecule has 2 aromatic heterocycles. The molecule has 6 radical (unpaired) electrons. The van der Waals surface area contributed by atoms with Crippen molar-refractivity contribution >= 4 is 40.8 Å². The standard InChI is InChI=1S/C22H22B3N5O4/c1-2-32-18-10-15-12-33-19-3-5-30-20(28-19)17(11-27-30)13-7-14(26-4-6-29(15)21(18)31)9-16(8-13)34-22(23,24)25/h3,5,7-9,11,15,18,26H,2,4,6,10,12H2,1H3/t15-,18+/m0/s1. The van der Waals surface area contributed by atoms with E-state index < -0.39 is 11.4 Å². The summed E-state index contributed by atoms with van der Waals surface area (Å²) in [5.41, 5.74) is 2.88. The van der Waals surface area contributed by atoms with E-state index in [-0.39, 0.29) is 11.9 Å². The lowest BCUT2D eigenvalue weighted by atomic mass is 9.52. The van der Waals surface area contributed by atoms with Crippen LogP contribution in [-0.4, -0.2) is 92.7 Å². The van der Waals surface area contributed by atoms with E-state index in [1.807, 2.05) is 13.0 Å². The molecule has 3 aromatic rings. The van der Waals surface area contributed by atoms with Gasteiger partial charge in [0.2, 0.25) is 5.88 Å². The number of nitrogens with one attached hydrogen (secondary N) is 1. The first-order chi connectivity index (χ1) is 16.3. The molecule has 2 aliphatic rings. The first-order valence-corrected chi connectivity index (χ1v) is 11.1. The number of amides is 1. The molecule has 4 bridgehead atoms. The Kier molecular flexibility index (Phi) is 5.93. The molecule has 12 heteroatoms. The minimum absolute atomic E-state index is 0.0391. The highest BCUT2D eigenvalue weighted by Crippen LogP contribution is 2.32. The minimum Gasteiger partial charge on any atom is -0.516 e. The van der Waals surface area contributed by atoms with Gasteiger partial charge in [0.05, 0.1) is 12.2 Å². The summed E-state index contributed by atoms with van der Waals surface area (Å²) >= 11 is 0. The molecule has 0 saturated carbocycles. The summed E-state index contributed by atoms with van der Waals surface area (Å²) in [7, 11) is 17.0. The van der Waals surface area contributed by atoms with Crippen molar-refractivity contribution in [2.75, 3.05) is 31.6 Å². The monoisotopic (exact) mass is 453 g/mol. The molecule has 5 rings (SSSR count). The Hall–Kier alpha value is -3.14. The highest BCUT2D eigenvalue weighted by Gasteiger charge is 2.40. The van der Waals surface area contributed by atoms with Crippen LogP contribution in [0.3, 0.4) is 0 Å². The maximum absolute atomic E-state index is 12.9. The van der Waals surface area contributed by atoms with Crippen LogP contribution in [-0.2, 0) is 9.53 Å². The van der Waals surface area contributed by atoms with Crippen LogP contribution in [0, 0.1) is 0 Å². The van der Waals surface area contributed by atoms with Crippen molar-refractivity contribution in [1.82, 2.24) is 19.5 Å². The van der Waals surface area contributed by atoms with E-state index in [9.17, 15) is 4.79 Å². The minimum atomic E-state index is -1.85. The fourth-order valence-corrected chi connectivity index (χ4v) is 4.39. The summed E-state index contributed by atoms with van der Waals surface area (Å²) in [5.74, 6) is 0.773. The van der Waals surface area contributed by atoms with Gasteiger partial charge in [0.25, 0.3) is 5.91 Å². The summed E-state index contributed by atoms with van der Waals surface area (Å²) in [6.07, 6.45) is 3.58. The second-order valence-electron chi connectivity index (χ2n) is 8.40. The number of aromatic nitrogens is 3. The molecule has 0 aliphatic carbocycles. The van der Waals surface area contributed by atoms with Crippen molar-refractivity contribution in [2.45, 2.75) is 30.8 Å². The highest BCUT2D eigenvalue weighted by atomic mass is 16.5. The zero-order valence-corrected chi connectivity index (χ0v) is 18.8. The lowest BCUT2D eigenvalue weighted by Crippen LogP contribution is -2.41. The molecule has 0 unspecified atom stereocenters. The van der Waals surface area contributed by atoms with E-state index in [1.54, 1.807) is 40.0 Å². The van der Waals surface area contributed by atoms with Gasteiger partial charge in [-0.25, -0.2) is 4.52 Å². The van der Waals surface area contributed by atoms with Gasteiger partial charge in [-0.1, -0.05) is 0 Å². The first-order valence-electron chi connectivity index (χ1n) is 11.1. The molecule has 34 heavy (non-hydrogen) atoms. The van der Waals surface area contributed by atoms with Crippen LogP contribution in [0.15, 0.2) is 36.7 Å². The Morgan fingerprint density at radius 2 is 2.15 bits per heavy atom. The van der Waals surface area contributed by atoms with Crippen LogP contribution in [0.5, 0.6) is 11.6 Å². The Labute approximate surface area is 201 Å². The van der Waals surface area contributed by atoms with Crippen LogP contribution in [0.4, 0.5) is 5.69 Å². The van der Waals surface area contributed by atoms with Gasteiger partial charge in [0.1, 0.15) is 42.0 Å². The lowest BCUT2D eigenvalue weighted by Gasteiger charge is -2.26. The van der Waals surface area contributed by atoms with Crippen LogP contribution < -0.4 is 14.8 Å². The molecule has 4 heterocycles. The maximum atomic E-state index is 12.9. The second-order valence-corrected chi connectivity index (χ2v) is 8.40. The highest BCUT2D eigenvalue weighted by molar-refractivity contribution is 6.58. The smallest absolute Gasteiger partial charge is 0.252 e. The zero-order valence-electron chi connectivity index (χ0n) is 18.8. The van der Waals surface area contributed by atoms with Gasteiger partial charge in [0, 0.05) is 55.7 Å². The summed E-state index contributed by atoms with van der Waals surface area (Å²) < 4.78 is 18.9. The molecule has 2 atom stereocenters. The van der Waals surface area contributed by atoms with Gasteiger partial charge < -0.3 is 24.4 Å². The number of carbonyl (C=O) groups is 1. The molecule has 1 fully saturated rings. The van der Waals surface area contributed by atoms with Gasteiger partial charge in [0.15, 0.2) is 5.65 Å². The molecule has 1 saturated heterocycles. The first kappa shape index (κ1) is 22.6. The number of ether oxygens (including phenoxy) is 3. The van der Waals surface area contributed by atoms with E-state index in [0.717, 1.165) is 16.8 Å². The molecule has 1 N–H and O–H groups in total. The van der Waals surface area contributed by atoms with Crippen molar-refractivity contribution in [3.05, 3.63) is 36.7 Å². The fraction of sp³-hybridized carbons (Fsp3) is 0.409. The van der Waals surface area contributed by atoms with E-state index in [1.165, 1.54) is 0 Å². The Balaban J connectivity index is 1.56. The SMILES string of the molecule is [B]C([B])([B])Oc1cc2cc(c1)-c1cnn3ccc(nc13)OC[C@@H]1C[C@@H](OCC)C(=O)N1CCN2. The van der Waals surface area contributed by atoms with Crippen molar-refractivity contribution < 1.29 is 19.0 Å². The van der Waals surface area contributed by atoms with Gasteiger partial charge in [-0.15, -0.1) is 0 Å². The van der Waals surface area contributed by atoms with E-state index in [4.69, 9.17) is 37.7 Å². The number of nitrogens with zero attached hydrogens (tertiary/aromatic N) is 4.